The predicted molar refractivity (Wildman–Crippen MR) is 182 cm³/mol. The Kier molecular flexibility index (Phi) is 11.6. The topological polar surface area (TPSA) is 206 Å². The summed E-state index contributed by atoms with van der Waals surface area (Å²) in [6.07, 6.45) is -2.52. The summed E-state index contributed by atoms with van der Waals surface area (Å²) in [5.74, 6) is 1.58. The molecule has 5 aromatic rings. The van der Waals surface area contributed by atoms with Crippen LogP contribution in [0, 0.1) is 0 Å². The molecule has 16 heteroatoms. The van der Waals surface area contributed by atoms with Gasteiger partial charge in [-0.25, -0.2) is 4.98 Å². The fourth-order valence-electron chi connectivity index (χ4n) is 6.07. The van der Waals surface area contributed by atoms with E-state index in [4.69, 9.17) is 33.9 Å². The van der Waals surface area contributed by atoms with E-state index in [0.29, 0.717) is 48.3 Å². The number of nitrogens with one attached hydrogen (secondary N) is 2. The molecule has 7 rings (SSSR count). The molecule has 0 spiro atoms. The maximum atomic E-state index is 11.1. The maximum Gasteiger partial charge on any atom is 0.290 e. The minimum absolute atomic E-state index is 0.0422. The zero-order valence-corrected chi connectivity index (χ0v) is 27.6. The third kappa shape index (κ3) is 7.90. The first-order valence-electron chi connectivity index (χ1n) is 16.5. The van der Waals surface area contributed by atoms with Crippen LogP contribution < -0.4 is 10.6 Å². The highest BCUT2D eigenvalue weighted by Gasteiger charge is 2.47. The van der Waals surface area contributed by atoms with Crippen LogP contribution in [0.1, 0.15) is 48.0 Å². The number of nitrogens with zero attached hydrogens (tertiary/aromatic N) is 7. The second-order valence-corrected chi connectivity index (χ2v) is 11.8. The molecule has 0 aliphatic carbocycles. The molecule has 0 saturated carbocycles. The van der Waals surface area contributed by atoms with Crippen LogP contribution >= 0.6 is 0 Å². The van der Waals surface area contributed by atoms with Crippen LogP contribution in [0.15, 0.2) is 71.5 Å². The largest absolute Gasteiger partial charge is 0.483 e. The quantitative estimate of drug-likeness (QED) is 0.119. The van der Waals surface area contributed by atoms with Gasteiger partial charge in [-0.1, -0.05) is 72.7 Å². The molecule has 3 aromatic heterocycles. The molecule has 0 radical (unpaired) electrons. The minimum Gasteiger partial charge on any atom is -0.483 e. The Morgan fingerprint density at radius 2 is 1.64 bits per heavy atom. The monoisotopic (exact) mass is 687 g/mol. The number of carboxylic acid groups (broad SMARTS) is 1. The Hall–Kier alpha value is -5.00. The summed E-state index contributed by atoms with van der Waals surface area (Å²) in [7, 11) is 0. The number of fused-ring (bicyclic) bond motifs is 1. The Morgan fingerprint density at radius 3 is 2.28 bits per heavy atom. The van der Waals surface area contributed by atoms with Crippen LogP contribution in [-0.2, 0) is 20.7 Å². The fourth-order valence-corrected chi connectivity index (χ4v) is 6.07. The molecule has 264 valence electrons. The molecule has 50 heavy (non-hydrogen) atoms. The number of carbonyl (C=O) groups is 1. The van der Waals surface area contributed by atoms with E-state index in [0.717, 1.165) is 32.8 Å². The number of morpholine rings is 1. The van der Waals surface area contributed by atoms with E-state index in [-0.39, 0.29) is 18.3 Å². The van der Waals surface area contributed by atoms with Crippen LogP contribution in [-0.4, -0.2) is 114 Å². The molecule has 0 unspecified atom stereocenters. The number of imidazole rings is 1. The lowest BCUT2D eigenvalue weighted by Gasteiger charge is -2.26. The number of aliphatic hydroxyl groups is 2. The SMILES string of the molecule is CCc1noc([C@H]2O[C@@H](n3cnc4c(NCC(c5ccccc5)c5ccccc5)nc(NCCN5CCOCC5)nc43)[C@H](O)[C@@H]2O)n1.O=CO. The summed E-state index contributed by atoms with van der Waals surface area (Å²) >= 11 is 0. The van der Waals surface area contributed by atoms with Crippen LogP contribution in [0.2, 0.25) is 0 Å². The van der Waals surface area contributed by atoms with Gasteiger partial charge in [-0.05, 0) is 11.1 Å². The van der Waals surface area contributed by atoms with Gasteiger partial charge in [0, 0.05) is 45.1 Å². The summed E-state index contributed by atoms with van der Waals surface area (Å²) in [6.45, 7) is 6.81. The van der Waals surface area contributed by atoms with E-state index in [2.05, 4.69) is 54.9 Å². The average Bonchev–Trinajstić information content (AvgIpc) is 3.88. The standard InChI is InChI=1S/C33H39N9O5.CH2O2/c1-2-24-37-31(47-40-24)28-26(43)27(44)32(46-28)42-20-36-25-29(38-33(39-30(25)42)34-13-14-41-15-17-45-18-16-41)35-19-23(21-9-5-3-6-10-21)22-11-7-4-8-12-22;2-1-3/h3-12,20,23,26-28,32,43-44H,2,13-19H2,1H3,(H2,34,35,38,39);1H,(H,2,3)/t26-,27+,28-,32+;/m0./s1. The molecule has 0 bridgehead atoms. The van der Waals surface area contributed by atoms with Crippen molar-refractivity contribution in [2.75, 3.05) is 56.6 Å². The molecule has 5 heterocycles. The van der Waals surface area contributed by atoms with Gasteiger partial charge in [0.2, 0.25) is 5.95 Å². The molecule has 2 fully saturated rings. The minimum atomic E-state index is -1.31. The third-order valence-corrected chi connectivity index (χ3v) is 8.67. The Morgan fingerprint density at radius 1 is 0.960 bits per heavy atom. The lowest BCUT2D eigenvalue weighted by molar-refractivity contribution is -0.122. The van der Waals surface area contributed by atoms with Crippen molar-refractivity contribution in [1.82, 2.24) is 34.6 Å². The first kappa shape index (κ1) is 34.8. The number of anilines is 2. The smallest absolute Gasteiger partial charge is 0.290 e. The van der Waals surface area contributed by atoms with E-state index < -0.39 is 24.5 Å². The first-order valence-corrected chi connectivity index (χ1v) is 16.5. The zero-order chi connectivity index (χ0) is 34.9. The van der Waals surface area contributed by atoms with Crippen molar-refractivity contribution in [3.05, 3.63) is 89.8 Å². The Balaban J connectivity index is 0.00000139. The lowest BCUT2D eigenvalue weighted by Crippen LogP contribution is -2.39. The van der Waals surface area contributed by atoms with Crippen molar-refractivity contribution < 1.29 is 34.1 Å². The van der Waals surface area contributed by atoms with E-state index in [1.807, 2.05) is 43.3 Å². The lowest BCUT2D eigenvalue weighted by atomic mass is 9.91. The van der Waals surface area contributed by atoms with E-state index in [1.54, 1.807) is 10.9 Å². The summed E-state index contributed by atoms with van der Waals surface area (Å²) in [5, 5.41) is 39.8. The summed E-state index contributed by atoms with van der Waals surface area (Å²) < 4.78 is 18.6. The fraction of sp³-hybridized carbons (Fsp3) is 0.412. The van der Waals surface area contributed by atoms with Crippen molar-refractivity contribution >= 4 is 29.4 Å². The van der Waals surface area contributed by atoms with Crippen molar-refractivity contribution in [2.24, 2.45) is 0 Å². The molecule has 2 saturated heterocycles. The average molecular weight is 688 g/mol. The third-order valence-electron chi connectivity index (χ3n) is 8.67. The second kappa shape index (κ2) is 16.6. The van der Waals surface area contributed by atoms with E-state index in [1.165, 1.54) is 11.1 Å². The van der Waals surface area contributed by atoms with E-state index in [9.17, 15) is 10.2 Å². The molecule has 16 nitrogen and oxygen atoms in total. The molecular formula is C34H41N9O7. The highest BCUT2D eigenvalue weighted by atomic mass is 16.6. The maximum absolute atomic E-state index is 11.1. The molecule has 2 aliphatic rings. The van der Waals surface area contributed by atoms with Gasteiger partial charge in [-0.3, -0.25) is 14.3 Å². The van der Waals surface area contributed by atoms with Gasteiger partial charge in [0.05, 0.1) is 19.5 Å². The van der Waals surface area contributed by atoms with Gasteiger partial charge in [0.15, 0.2) is 35.1 Å². The highest BCUT2D eigenvalue weighted by Crippen LogP contribution is 2.40. The number of hydrogen-bond acceptors (Lipinski definition) is 14. The number of benzene rings is 2. The van der Waals surface area contributed by atoms with Gasteiger partial charge in [0.1, 0.15) is 12.2 Å². The molecule has 5 N–H and O–H groups in total. The van der Waals surface area contributed by atoms with Gasteiger partial charge >= 0.3 is 0 Å². The van der Waals surface area contributed by atoms with Crippen LogP contribution in [0.25, 0.3) is 11.2 Å². The Bertz CT molecular complexity index is 1760. The normalized spacial score (nSPS) is 20.8. The number of aliphatic hydroxyl groups excluding tert-OH is 2. The molecule has 4 atom stereocenters. The first-order chi connectivity index (χ1) is 24.5. The van der Waals surface area contributed by atoms with E-state index >= 15 is 0 Å². The van der Waals surface area contributed by atoms with Gasteiger partial charge in [-0.2, -0.15) is 15.0 Å². The van der Waals surface area contributed by atoms with Crippen molar-refractivity contribution in [3.63, 3.8) is 0 Å². The van der Waals surface area contributed by atoms with Crippen LogP contribution in [0.4, 0.5) is 11.8 Å². The summed E-state index contributed by atoms with van der Waals surface area (Å²) in [5.41, 5.74) is 3.27. The van der Waals surface area contributed by atoms with Crippen molar-refractivity contribution in [1.29, 1.82) is 0 Å². The van der Waals surface area contributed by atoms with Crippen LogP contribution in [0.3, 0.4) is 0 Å². The number of aromatic nitrogens is 6. The zero-order valence-electron chi connectivity index (χ0n) is 27.6. The second-order valence-electron chi connectivity index (χ2n) is 11.8. The van der Waals surface area contributed by atoms with Gasteiger partial charge < -0.3 is 39.9 Å². The number of rotatable bonds is 12. The highest BCUT2D eigenvalue weighted by molar-refractivity contribution is 5.84. The Labute approximate surface area is 288 Å². The van der Waals surface area contributed by atoms with Crippen LogP contribution in [0.5, 0.6) is 0 Å². The summed E-state index contributed by atoms with van der Waals surface area (Å²) in [4.78, 5) is 29.3. The predicted octanol–water partition coefficient (Wildman–Crippen LogP) is 2.45. The van der Waals surface area contributed by atoms with Gasteiger partial charge in [-0.15, -0.1) is 0 Å². The number of hydrogen-bond donors (Lipinski definition) is 5. The van der Waals surface area contributed by atoms with Crippen molar-refractivity contribution in [3.8, 4) is 0 Å². The molecule has 2 aliphatic heterocycles. The summed E-state index contributed by atoms with van der Waals surface area (Å²) in [6, 6.07) is 20.7. The van der Waals surface area contributed by atoms with Crippen molar-refractivity contribution in [2.45, 2.75) is 43.8 Å². The molecule has 0 amide bonds. The molecular weight excluding hydrogens is 646 g/mol. The number of aryl methyl sites for hydroxylation is 1. The van der Waals surface area contributed by atoms with Gasteiger partial charge in [0.25, 0.3) is 12.4 Å². The number of ether oxygens (including phenoxy) is 2. The molecule has 2 aromatic carbocycles.